The molecule has 2 heterocycles. The lowest BCUT2D eigenvalue weighted by atomic mass is 10.0. The van der Waals surface area contributed by atoms with Crippen molar-refractivity contribution in [1.82, 2.24) is 14.7 Å². The minimum atomic E-state index is -0.849. The lowest BCUT2D eigenvalue weighted by Gasteiger charge is -2.41. The molecule has 2 fully saturated rings. The standard InChI is InChI=1S/C21H31N3O4/c1-22(16-19(25)26)14-18-15-24(12-13-28-18)20(17-8-4-2-5-9-17)21(27)23-10-6-3-7-11-23/h2,4-5,8-9,18,20H,3,6-7,10-16H2,1H3,(H,25,26). The van der Waals surface area contributed by atoms with E-state index in [1.807, 2.05) is 35.2 Å². The third kappa shape index (κ3) is 5.53. The van der Waals surface area contributed by atoms with E-state index in [1.54, 1.807) is 11.9 Å². The van der Waals surface area contributed by atoms with Crippen LogP contribution < -0.4 is 0 Å². The Morgan fingerprint density at radius 3 is 2.57 bits per heavy atom. The maximum Gasteiger partial charge on any atom is 0.317 e. The number of piperidine rings is 1. The fraction of sp³-hybridized carbons (Fsp3) is 0.619. The van der Waals surface area contributed by atoms with Crippen molar-refractivity contribution in [3.05, 3.63) is 35.9 Å². The van der Waals surface area contributed by atoms with Crippen LogP contribution in [0.5, 0.6) is 0 Å². The molecule has 0 aliphatic carbocycles. The number of amides is 1. The largest absolute Gasteiger partial charge is 0.480 e. The highest BCUT2D eigenvalue weighted by atomic mass is 16.5. The summed E-state index contributed by atoms with van der Waals surface area (Å²) in [6.45, 7) is 4.02. The summed E-state index contributed by atoms with van der Waals surface area (Å²) < 4.78 is 5.87. The summed E-state index contributed by atoms with van der Waals surface area (Å²) in [6, 6.07) is 9.65. The Labute approximate surface area is 166 Å². The van der Waals surface area contributed by atoms with Gasteiger partial charge in [0.15, 0.2) is 0 Å². The Balaban J connectivity index is 1.73. The molecule has 2 atom stereocenters. The third-order valence-electron chi connectivity index (χ3n) is 5.47. The summed E-state index contributed by atoms with van der Waals surface area (Å²) in [5, 5.41) is 8.98. The van der Waals surface area contributed by atoms with E-state index in [-0.39, 0.29) is 24.6 Å². The fourth-order valence-corrected chi connectivity index (χ4v) is 4.16. The molecule has 1 aromatic carbocycles. The van der Waals surface area contributed by atoms with Crippen LogP contribution in [0.25, 0.3) is 0 Å². The molecule has 2 aliphatic heterocycles. The number of benzene rings is 1. The number of likely N-dealkylation sites (N-methyl/N-ethyl adjacent to an activating group) is 1. The predicted molar refractivity (Wildman–Crippen MR) is 106 cm³/mol. The number of ether oxygens (including phenoxy) is 1. The summed E-state index contributed by atoms with van der Waals surface area (Å²) in [7, 11) is 1.78. The Morgan fingerprint density at radius 2 is 1.89 bits per heavy atom. The maximum atomic E-state index is 13.4. The van der Waals surface area contributed by atoms with Gasteiger partial charge in [-0.05, 0) is 31.9 Å². The van der Waals surface area contributed by atoms with Crippen molar-refractivity contribution in [2.75, 3.05) is 52.9 Å². The van der Waals surface area contributed by atoms with E-state index >= 15 is 0 Å². The number of aliphatic carboxylic acids is 1. The van der Waals surface area contributed by atoms with Crippen molar-refractivity contribution in [3.8, 4) is 0 Å². The lowest BCUT2D eigenvalue weighted by Crippen LogP contribution is -2.52. The zero-order chi connectivity index (χ0) is 19.9. The quantitative estimate of drug-likeness (QED) is 0.761. The van der Waals surface area contributed by atoms with E-state index in [4.69, 9.17) is 9.84 Å². The van der Waals surface area contributed by atoms with Gasteiger partial charge >= 0.3 is 5.97 Å². The molecular formula is C21H31N3O4. The minimum Gasteiger partial charge on any atom is -0.480 e. The molecule has 7 heteroatoms. The van der Waals surface area contributed by atoms with E-state index in [1.165, 1.54) is 6.42 Å². The van der Waals surface area contributed by atoms with Gasteiger partial charge in [-0.25, -0.2) is 0 Å². The predicted octanol–water partition coefficient (Wildman–Crippen LogP) is 1.46. The topological polar surface area (TPSA) is 73.3 Å². The molecule has 0 saturated carbocycles. The Kier molecular flexibility index (Phi) is 7.42. The molecule has 0 radical (unpaired) electrons. The van der Waals surface area contributed by atoms with Gasteiger partial charge in [0, 0.05) is 32.7 Å². The van der Waals surface area contributed by atoms with Gasteiger partial charge in [-0.1, -0.05) is 30.3 Å². The summed E-state index contributed by atoms with van der Waals surface area (Å²) >= 11 is 0. The number of carbonyl (C=O) groups is 2. The second-order valence-corrected chi connectivity index (χ2v) is 7.78. The van der Waals surface area contributed by atoms with Crippen molar-refractivity contribution in [3.63, 3.8) is 0 Å². The van der Waals surface area contributed by atoms with Gasteiger partial charge in [0.25, 0.3) is 0 Å². The van der Waals surface area contributed by atoms with E-state index < -0.39 is 5.97 Å². The first-order valence-electron chi connectivity index (χ1n) is 10.1. The first-order chi connectivity index (χ1) is 13.5. The molecule has 154 valence electrons. The Hall–Kier alpha value is -1.96. The average molecular weight is 389 g/mol. The van der Waals surface area contributed by atoms with Gasteiger partial charge in [-0.15, -0.1) is 0 Å². The van der Waals surface area contributed by atoms with Crippen molar-refractivity contribution < 1.29 is 19.4 Å². The van der Waals surface area contributed by atoms with Crippen LogP contribution >= 0.6 is 0 Å². The molecule has 0 aromatic heterocycles. The molecule has 28 heavy (non-hydrogen) atoms. The summed E-state index contributed by atoms with van der Waals surface area (Å²) in [6.07, 6.45) is 3.21. The number of hydrogen-bond donors (Lipinski definition) is 1. The molecule has 1 aromatic rings. The van der Waals surface area contributed by atoms with Crippen molar-refractivity contribution in [2.24, 2.45) is 0 Å². The van der Waals surface area contributed by atoms with Crippen LogP contribution in [0.1, 0.15) is 30.9 Å². The average Bonchev–Trinajstić information content (AvgIpc) is 2.69. The van der Waals surface area contributed by atoms with Crippen LogP contribution in [0, 0.1) is 0 Å². The van der Waals surface area contributed by atoms with Gasteiger partial charge < -0.3 is 14.7 Å². The number of morpholine rings is 1. The molecular weight excluding hydrogens is 358 g/mol. The van der Waals surface area contributed by atoms with Gasteiger partial charge in [0.05, 0.1) is 19.3 Å². The number of nitrogens with zero attached hydrogens (tertiary/aromatic N) is 3. The monoisotopic (exact) mass is 389 g/mol. The molecule has 0 bridgehead atoms. The van der Waals surface area contributed by atoms with Crippen LogP contribution in [0.2, 0.25) is 0 Å². The van der Waals surface area contributed by atoms with Crippen LogP contribution in [0.3, 0.4) is 0 Å². The van der Waals surface area contributed by atoms with Gasteiger partial charge in [0.2, 0.25) is 5.91 Å². The zero-order valence-electron chi connectivity index (χ0n) is 16.6. The second-order valence-electron chi connectivity index (χ2n) is 7.78. The first kappa shape index (κ1) is 20.8. The highest BCUT2D eigenvalue weighted by Gasteiger charge is 2.35. The van der Waals surface area contributed by atoms with Crippen molar-refractivity contribution in [1.29, 1.82) is 0 Å². The smallest absolute Gasteiger partial charge is 0.317 e. The molecule has 0 spiro atoms. The summed E-state index contributed by atoms with van der Waals surface area (Å²) in [4.78, 5) is 30.3. The third-order valence-corrected chi connectivity index (χ3v) is 5.47. The highest BCUT2D eigenvalue weighted by molar-refractivity contribution is 5.83. The number of rotatable bonds is 7. The Bertz CT molecular complexity index is 648. The first-order valence-corrected chi connectivity index (χ1v) is 10.1. The number of carboxylic acid groups (broad SMARTS) is 1. The van der Waals surface area contributed by atoms with Crippen LogP contribution in [-0.2, 0) is 14.3 Å². The normalized spacial score (nSPS) is 22.2. The Morgan fingerprint density at radius 1 is 1.18 bits per heavy atom. The number of carboxylic acids is 1. The maximum absolute atomic E-state index is 13.4. The van der Waals surface area contributed by atoms with E-state index in [0.717, 1.165) is 31.5 Å². The van der Waals surface area contributed by atoms with Crippen LogP contribution in [0.4, 0.5) is 0 Å². The summed E-state index contributed by atoms with van der Waals surface area (Å²) in [5.74, 6) is -0.678. The molecule has 2 aliphatic rings. The van der Waals surface area contributed by atoms with Gasteiger partial charge in [-0.3, -0.25) is 19.4 Å². The number of likely N-dealkylation sites (tertiary alicyclic amines) is 1. The number of carbonyl (C=O) groups excluding carboxylic acids is 1. The number of hydrogen-bond acceptors (Lipinski definition) is 5. The van der Waals surface area contributed by atoms with Gasteiger partial charge in [0.1, 0.15) is 6.04 Å². The summed E-state index contributed by atoms with van der Waals surface area (Å²) in [5.41, 5.74) is 1.01. The van der Waals surface area contributed by atoms with Crippen molar-refractivity contribution >= 4 is 11.9 Å². The molecule has 7 nitrogen and oxygen atoms in total. The van der Waals surface area contributed by atoms with Gasteiger partial charge in [-0.2, -0.15) is 0 Å². The van der Waals surface area contributed by atoms with E-state index in [2.05, 4.69) is 4.90 Å². The van der Waals surface area contributed by atoms with E-state index in [0.29, 0.717) is 26.2 Å². The SMILES string of the molecule is CN(CC(=O)O)CC1CN(C(C(=O)N2CCCCC2)c2ccccc2)CCO1. The lowest BCUT2D eigenvalue weighted by molar-refractivity contribution is -0.142. The van der Waals surface area contributed by atoms with Crippen LogP contribution in [-0.4, -0.2) is 90.7 Å². The van der Waals surface area contributed by atoms with Crippen LogP contribution in [0.15, 0.2) is 30.3 Å². The fourth-order valence-electron chi connectivity index (χ4n) is 4.16. The minimum absolute atomic E-state index is 0.0192. The second kappa shape index (κ2) is 10.0. The zero-order valence-corrected chi connectivity index (χ0v) is 16.6. The molecule has 2 saturated heterocycles. The molecule has 1 amide bonds. The van der Waals surface area contributed by atoms with E-state index in [9.17, 15) is 9.59 Å². The molecule has 3 rings (SSSR count). The highest BCUT2D eigenvalue weighted by Crippen LogP contribution is 2.27. The van der Waals surface area contributed by atoms with Crippen molar-refractivity contribution in [2.45, 2.75) is 31.4 Å². The molecule has 2 unspecified atom stereocenters. The molecule has 1 N–H and O–H groups in total.